The van der Waals surface area contributed by atoms with Crippen LogP contribution in [0.4, 0.5) is 18.9 Å². The Labute approximate surface area is 147 Å². The molecule has 0 saturated carbocycles. The van der Waals surface area contributed by atoms with Gasteiger partial charge in [0.2, 0.25) is 0 Å². The van der Waals surface area contributed by atoms with Crippen LogP contribution in [0.2, 0.25) is 5.02 Å². The van der Waals surface area contributed by atoms with Crippen LogP contribution in [0.3, 0.4) is 0 Å². The van der Waals surface area contributed by atoms with Gasteiger partial charge in [-0.2, -0.15) is 13.2 Å². The van der Waals surface area contributed by atoms with Crippen molar-refractivity contribution < 1.29 is 18.0 Å². The summed E-state index contributed by atoms with van der Waals surface area (Å²) in [5.74, 6) is -0.854. The third-order valence-corrected chi connectivity index (χ3v) is 4.68. The van der Waals surface area contributed by atoms with E-state index in [-0.39, 0.29) is 11.3 Å². The molecular formula is C15H9ClF3N3O2S. The number of benzene rings is 1. The first-order chi connectivity index (χ1) is 11.7. The minimum absolute atomic E-state index is 0.131. The first-order valence-electron chi connectivity index (χ1n) is 6.82. The number of aromatic nitrogens is 2. The van der Waals surface area contributed by atoms with Crippen LogP contribution in [0.1, 0.15) is 21.6 Å². The van der Waals surface area contributed by atoms with Crippen molar-refractivity contribution in [3.8, 4) is 0 Å². The number of hydrogen-bond donors (Lipinski definition) is 1. The molecule has 0 atom stereocenters. The van der Waals surface area contributed by atoms with E-state index in [0.717, 1.165) is 12.3 Å². The Bertz CT molecular complexity index is 1040. The zero-order valence-electron chi connectivity index (χ0n) is 12.5. The van der Waals surface area contributed by atoms with Crippen LogP contribution in [0, 0.1) is 6.92 Å². The summed E-state index contributed by atoms with van der Waals surface area (Å²) in [4.78, 5) is 29.1. The number of alkyl halides is 3. The number of amides is 1. The number of aryl methyl sites for hydroxylation is 1. The molecule has 5 nitrogen and oxygen atoms in total. The quantitative estimate of drug-likeness (QED) is 0.723. The van der Waals surface area contributed by atoms with E-state index in [1.807, 2.05) is 0 Å². The Morgan fingerprint density at radius 1 is 1.36 bits per heavy atom. The Kier molecular flexibility index (Phi) is 4.29. The molecule has 0 aliphatic carbocycles. The normalized spacial score (nSPS) is 11.7. The zero-order chi connectivity index (χ0) is 18.4. The van der Waals surface area contributed by atoms with Crippen LogP contribution in [0.15, 0.2) is 34.6 Å². The number of hydrogen-bond acceptors (Lipinski definition) is 4. The van der Waals surface area contributed by atoms with Crippen LogP contribution in [0.5, 0.6) is 0 Å². The summed E-state index contributed by atoms with van der Waals surface area (Å²) in [5.41, 5.74) is -1.47. The van der Waals surface area contributed by atoms with Gasteiger partial charge in [0, 0.05) is 23.0 Å². The molecule has 3 aromatic rings. The van der Waals surface area contributed by atoms with E-state index in [4.69, 9.17) is 11.6 Å². The number of rotatable bonds is 2. The monoisotopic (exact) mass is 387 g/mol. The van der Waals surface area contributed by atoms with Gasteiger partial charge in [-0.1, -0.05) is 11.6 Å². The smallest absolute Gasteiger partial charge is 0.322 e. The van der Waals surface area contributed by atoms with Gasteiger partial charge in [0.25, 0.3) is 11.5 Å². The van der Waals surface area contributed by atoms with Gasteiger partial charge in [-0.3, -0.25) is 14.0 Å². The van der Waals surface area contributed by atoms with Crippen LogP contribution < -0.4 is 10.9 Å². The van der Waals surface area contributed by atoms with Crippen LogP contribution >= 0.6 is 22.9 Å². The molecule has 2 aromatic heterocycles. The standard InChI is InChI=1S/C15H9ClF3N3O2S/c1-7-6-25-14-20-5-9(13(24)22(7)14)12(23)21-8-2-3-11(16)10(4-8)15(17,18)19/h2-6H,1H3,(H,21,23). The summed E-state index contributed by atoms with van der Waals surface area (Å²) in [7, 11) is 0. The maximum Gasteiger partial charge on any atom is 0.417 e. The Morgan fingerprint density at radius 3 is 2.76 bits per heavy atom. The maximum atomic E-state index is 12.9. The molecule has 25 heavy (non-hydrogen) atoms. The molecule has 0 saturated heterocycles. The highest BCUT2D eigenvalue weighted by atomic mass is 35.5. The fraction of sp³-hybridized carbons (Fsp3) is 0.133. The van der Waals surface area contributed by atoms with Gasteiger partial charge in [-0.25, -0.2) is 4.98 Å². The summed E-state index contributed by atoms with van der Waals surface area (Å²) in [6, 6.07) is 2.95. The van der Waals surface area contributed by atoms with Gasteiger partial charge in [0.05, 0.1) is 10.6 Å². The van der Waals surface area contributed by atoms with Crippen molar-refractivity contribution in [1.29, 1.82) is 0 Å². The summed E-state index contributed by atoms with van der Waals surface area (Å²) in [6.07, 6.45) is -3.56. The van der Waals surface area contributed by atoms with Crippen molar-refractivity contribution >= 4 is 39.5 Å². The lowest BCUT2D eigenvalue weighted by Gasteiger charge is -2.11. The topological polar surface area (TPSA) is 63.5 Å². The lowest BCUT2D eigenvalue weighted by molar-refractivity contribution is -0.137. The van der Waals surface area contributed by atoms with E-state index in [1.54, 1.807) is 12.3 Å². The molecule has 3 rings (SSSR count). The predicted molar refractivity (Wildman–Crippen MR) is 88.5 cm³/mol. The Morgan fingerprint density at radius 2 is 2.08 bits per heavy atom. The fourth-order valence-corrected chi connectivity index (χ4v) is 3.25. The zero-order valence-corrected chi connectivity index (χ0v) is 14.1. The molecule has 1 aromatic carbocycles. The number of fused-ring (bicyclic) bond motifs is 1. The van der Waals surface area contributed by atoms with E-state index in [0.29, 0.717) is 16.7 Å². The number of carbonyl (C=O) groups is 1. The fourth-order valence-electron chi connectivity index (χ4n) is 2.20. The van der Waals surface area contributed by atoms with E-state index < -0.39 is 28.2 Å². The van der Waals surface area contributed by atoms with E-state index in [2.05, 4.69) is 10.3 Å². The Hall–Kier alpha value is -2.39. The van der Waals surface area contributed by atoms with Gasteiger partial charge in [0.1, 0.15) is 5.56 Å². The number of halogens is 4. The highest BCUT2D eigenvalue weighted by Crippen LogP contribution is 2.36. The molecule has 1 N–H and O–H groups in total. The number of anilines is 1. The molecule has 1 amide bonds. The largest absolute Gasteiger partial charge is 0.417 e. The van der Waals surface area contributed by atoms with Gasteiger partial charge >= 0.3 is 6.18 Å². The molecular weight excluding hydrogens is 379 g/mol. The third kappa shape index (κ3) is 3.24. The Balaban J connectivity index is 1.97. The molecule has 0 radical (unpaired) electrons. The van der Waals surface area contributed by atoms with E-state index >= 15 is 0 Å². The first kappa shape index (κ1) is 17.4. The van der Waals surface area contributed by atoms with E-state index in [1.165, 1.54) is 21.8 Å². The van der Waals surface area contributed by atoms with Crippen LogP contribution in [-0.2, 0) is 6.18 Å². The molecule has 0 fully saturated rings. The molecule has 2 heterocycles. The molecule has 10 heteroatoms. The van der Waals surface area contributed by atoms with Crippen molar-refractivity contribution in [2.45, 2.75) is 13.1 Å². The minimum Gasteiger partial charge on any atom is -0.322 e. The molecule has 130 valence electrons. The van der Waals surface area contributed by atoms with Crippen LogP contribution in [-0.4, -0.2) is 15.3 Å². The summed E-state index contributed by atoms with van der Waals surface area (Å²) in [6.45, 7) is 1.68. The van der Waals surface area contributed by atoms with Gasteiger partial charge in [0.15, 0.2) is 4.96 Å². The lowest BCUT2D eigenvalue weighted by Crippen LogP contribution is -2.26. The summed E-state index contributed by atoms with van der Waals surface area (Å²) >= 11 is 6.77. The maximum absolute atomic E-state index is 12.9. The summed E-state index contributed by atoms with van der Waals surface area (Å²) < 4.78 is 39.9. The SMILES string of the molecule is Cc1csc2ncc(C(=O)Nc3ccc(Cl)c(C(F)(F)F)c3)c(=O)n12. The predicted octanol–water partition coefficient (Wildman–Crippen LogP) is 3.99. The number of nitrogens with zero attached hydrogens (tertiary/aromatic N) is 2. The molecule has 0 aliphatic heterocycles. The van der Waals surface area contributed by atoms with Crippen molar-refractivity contribution in [1.82, 2.24) is 9.38 Å². The number of thiazole rings is 1. The second kappa shape index (κ2) is 6.16. The van der Waals surface area contributed by atoms with Gasteiger partial charge < -0.3 is 5.32 Å². The minimum atomic E-state index is -4.66. The van der Waals surface area contributed by atoms with Gasteiger partial charge in [-0.15, -0.1) is 11.3 Å². The number of carbonyl (C=O) groups excluding carboxylic acids is 1. The third-order valence-electron chi connectivity index (χ3n) is 3.39. The first-order valence-corrected chi connectivity index (χ1v) is 8.08. The van der Waals surface area contributed by atoms with Crippen LogP contribution in [0.25, 0.3) is 4.96 Å². The molecule has 0 unspecified atom stereocenters. The van der Waals surface area contributed by atoms with Gasteiger partial charge in [-0.05, 0) is 25.1 Å². The van der Waals surface area contributed by atoms with Crippen molar-refractivity contribution in [2.75, 3.05) is 5.32 Å². The van der Waals surface area contributed by atoms with E-state index in [9.17, 15) is 22.8 Å². The average Bonchev–Trinajstić information content (AvgIpc) is 2.90. The molecule has 0 spiro atoms. The van der Waals surface area contributed by atoms with Crippen molar-refractivity contribution in [2.24, 2.45) is 0 Å². The average molecular weight is 388 g/mol. The number of nitrogens with one attached hydrogen (secondary N) is 1. The summed E-state index contributed by atoms with van der Waals surface area (Å²) in [5, 5.41) is 3.49. The molecule has 0 aliphatic rings. The molecule has 0 bridgehead atoms. The second-order valence-electron chi connectivity index (χ2n) is 5.12. The highest BCUT2D eigenvalue weighted by molar-refractivity contribution is 7.15. The van der Waals surface area contributed by atoms with Crippen molar-refractivity contribution in [3.05, 3.63) is 62.0 Å². The second-order valence-corrected chi connectivity index (χ2v) is 6.36. The van der Waals surface area contributed by atoms with Crippen molar-refractivity contribution in [3.63, 3.8) is 0 Å². The lowest BCUT2D eigenvalue weighted by atomic mass is 10.2. The highest BCUT2D eigenvalue weighted by Gasteiger charge is 2.33.